The van der Waals surface area contributed by atoms with Crippen molar-refractivity contribution in [3.05, 3.63) is 0 Å². The van der Waals surface area contributed by atoms with E-state index in [1.54, 1.807) is 0 Å². The first-order chi connectivity index (χ1) is 6.91. The van der Waals surface area contributed by atoms with Crippen LogP contribution in [-0.4, -0.2) is 24.2 Å². The van der Waals surface area contributed by atoms with E-state index in [1.807, 2.05) is 0 Å². The van der Waals surface area contributed by atoms with Crippen LogP contribution in [0.4, 0.5) is 0 Å². The summed E-state index contributed by atoms with van der Waals surface area (Å²) in [6, 6.07) is 0. The highest BCUT2D eigenvalue weighted by atomic mass is 15.0. The van der Waals surface area contributed by atoms with E-state index < -0.39 is 0 Å². The fourth-order valence-electron chi connectivity index (χ4n) is 2.31. The second-order valence-corrected chi connectivity index (χ2v) is 6.22. The molecule has 0 bridgehead atoms. The van der Waals surface area contributed by atoms with Crippen LogP contribution in [0.1, 0.15) is 59.8 Å². The first-order valence-corrected chi connectivity index (χ1v) is 6.41. The molecule has 15 heavy (non-hydrogen) atoms. The molecule has 0 aliphatic heterocycles. The quantitative estimate of drug-likeness (QED) is 0.700. The van der Waals surface area contributed by atoms with Gasteiger partial charge in [-0.1, -0.05) is 19.3 Å². The lowest BCUT2D eigenvalue weighted by Crippen LogP contribution is -2.48. The van der Waals surface area contributed by atoms with Crippen LogP contribution in [0.3, 0.4) is 0 Å². The zero-order valence-electron chi connectivity index (χ0n) is 10.9. The van der Waals surface area contributed by atoms with E-state index in [-0.39, 0.29) is 5.54 Å². The molecule has 2 heteroatoms. The predicted octanol–water partition coefficient (Wildman–Crippen LogP) is 2.69. The third-order valence-corrected chi connectivity index (χ3v) is 3.29. The van der Waals surface area contributed by atoms with Gasteiger partial charge in [0.15, 0.2) is 0 Å². The summed E-state index contributed by atoms with van der Waals surface area (Å²) in [6.45, 7) is 11.2. The summed E-state index contributed by atoms with van der Waals surface area (Å²) in [6.07, 6.45) is 6.93. The Morgan fingerprint density at radius 1 is 1.00 bits per heavy atom. The van der Waals surface area contributed by atoms with Crippen LogP contribution >= 0.6 is 0 Å². The highest BCUT2D eigenvalue weighted by molar-refractivity contribution is 4.86. The topological polar surface area (TPSA) is 24.1 Å². The lowest BCUT2D eigenvalue weighted by Gasteiger charge is -2.35. The molecule has 0 radical (unpaired) electrons. The summed E-state index contributed by atoms with van der Waals surface area (Å²) < 4.78 is 0. The minimum absolute atomic E-state index is 0.245. The van der Waals surface area contributed by atoms with Crippen LogP contribution in [0.2, 0.25) is 0 Å². The molecule has 0 aromatic heterocycles. The fraction of sp³-hybridized carbons (Fsp3) is 1.00. The molecule has 0 spiro atoms. The lowest BCUT2D eigenvalue weighted by molar-refractivity contribution is 0.251. The van der Waals surface area contributed by atoms with E-state index in [0.29, 0.717) is 5.54 Å². The maximum absolute atomic E-state index is 3.71. The van der Waals surface area contributed by atoms with Gasteiger partial charge in [-0.25, -0.2) is 0 Å². The van der Waals surface area contributed by atoms with Crippen LogP contribution in [0.5, 0.6) is 0 Å². The minimum Gasteiger partial charge on any atom is -0.311 e. The van der Waals surface area contributed by atoms with Crippen molar-refractivity contribution in [2.75, 3.05) is 13.1 Å². The van der Waals surface area contributed by atoms with Gasteiger partial charge in [0.25, 0.3) is 0 Å². The van der Waals surface area contributed by atoms with Gasteiger partial charge in [0.2, 0.25) is 0 Å². The van der Waals surface area contributed by atoms with Gasteiger partial charge in [-0.2, -0.15) is 0 Å². The van der Waals surface area contributed by atoms with Crippen LogP contribution in [0, 0.1) is 0 Å². The summed E-state index contributed by atoms with van der Waals surface area (Å²) in [5.41, 5.74) is 0.660. The molecule has 1 fully saturated rings. The van der Waals surface area contributed by atoms with E-state index in [9.17, 15) is 0 Å². The van der Waals surface area contributed by atoms with Gasteiger partial charge in [0.1, 0.15) is 0 Å². The Morgan fingerprint density at radius 2 is 1.60 bits per heavy atom. The molecule has 1 aliphatic rings. The Kier molecular flexibility index (Phi) is 4.60. The van der Waals surface area contributed by atoms with Crippen molar-refractivity contribution in [2.24, 2.45) is 0 Å². The van der Waals surface area contributed by atoms with Crippen LogP contribution in [0.25, 0.3) is 0 Å². The number of nitrogens with one attached hydrogen (secondary N) is 2. The summed E-state index contributed by atoms with van der Waals surface area (Å²) >= 11 is 0. The molecular weight excluding hydrogens is 184 g/mol. The van der Waals surface area contributed by atoms with Gasteiger partial charge >= 0.3 is 0 Å². The zero-order valence-corrected chi connectivity index (χ0v) is 10.9. The average molecular weight is 212 g/mol. The van der Waals surface area contributed by atoms with Crippen molar-refractivity contribution in [2.45, 2.75) is 70.9 Å². The van der Waals surface area contributed by atoms with E-state index in [1.165, 1.54) is 32.1 Å². The second-order valence-electron chi connectivity index (χ2n) is 6.22. The molecule has 1 rings (SSSR count). The maximum Gasteiger partial charge on any atom is 0.0153 e. The van der Waals surface area contributed by atoms with Gasteiger partial charge in [0.05, 0.1) is 0 Å². The van der Waals surface area contributed by atoms with Crippen molar-refractivity contribution in [3.63, 3.8) is 0 Å². The standard InChI is InChI=1S/C13H28N2/c1-12(2,3)14-10-11-15-13(4)8-6-5-7-9-13/h14-15H,5-11H2,1-4H3. The van der Waals surface area contributed by atoms with Gasteiger partial charge in [0, 0.05) is 24.2 Å². The van der Waals surface area contributed by atoms with Crippen LogP contribution < -0.4 is 10.6 Å². The normalized spacial score (nSPS) is 21.6. The third-order valence-electron chi connectivity index (χ3n) is 3.29. The summed E-state index contributed by atoms with van der Waals surface area (Å²) in [5.74, 6) is 0. The first kappa shape index (κ1) is 13.0. The molecule has 0 amide bonds. The molecule has 2 nitrogen and oxygen atoms in total. The lowest BCUT2D eigenvalue weighted by atomic mass is 9.83. The molecule has 0 aromatic carbocycles. The Morgan fingerprint density at radius 3 is 2.13 bits per heavy atom. The fourth-order valence-corrected chi connectivity index (χ4v) is 2.31. The van der Waals surface area contributed by atoms with E-state index in [2.05, 4.69) is 38.3 Å². The molecule has 2 N–H and O–H groups in total. The predicted molar refractivity (Wildman–Crippen MR) is 67.2 cm³/mol. The maximum atomic E-state index is 3.71. The van der Waals surface area contributed by atoms with Gasteiger partial charge in [-0.15, -0.1) is 0 Å². The third kappa shape index (κ3) is 5.53. The smallest absolute Gasteiger partial charge is 0.0153 e. The van der Waals surface area contributed by atoms with Gasteiger partial charge < -0.3 is 10.6 Å². The first-order valence-electron chi connectivity index (χ1n) is 6.41. The van der Waals surface area contributed by atoms with Gasteiger partial charge in [-0.05, 0) is 40.5 Å². The van der Waals surface area contributed by atoms with Crippen molar-refractivity contribution in [1.82, 2.24) is 10.6 Å². The number of hydrogen-bond acceptors (Lipinski definition) is 2. The van der Waals surface area contributed by atoms with Gasteiger partial charge in [-0.3, -0.25) is 0 Å². The molecule has 0 saturated heterocycles. The highest BCUT2D eigenvalue weighted by Crippen LogP contribution is 2.27. The second kappa shape index (κ2) is 5.31. The molecule has 0 unspecified atom stereocenters. The Hall–Kier alpha value is -0.0800. The van der Waals surface area contributed by atoms with Crippen LogP contribution in [-0.2, 0) is 0 Å². The van der Waals surface area contributed by atoms with Crippen molar-refractivity contribution >= 4 is 0 Å². The zero-order chi connectivity index (χ0) is 11.4. The summed E-state index contributed by atoms with van der Waals surface area (Å²) in [7, 11) is 0. The molecule has 1 aliphatic carbocycles. The molecule has 0 heterocycles. The van der Waals surface area contributed by atoms with E-state index >= 15 is 0 Å². The van der Waals surface area contributed by atoms with Crippen LogP contribution in [0.15, 0.2) is 0 Å². The summed E-state index contributed by atoms with van der Waals surface area (Å²) in [4.78, 5) is 0. The number of rotatable bonds is 4. The highest BCUT2D eigenvalue weighted by Gasteiger charge is 2.25. The Balaban J connectivity index is 2.13. The largest absolute Gasteiger partial charge is 0.311 e. The number of hydrogen-bond donors (Lipinski definition) is 2. The molecule has 90 valence electrons. The SMILES string of the molecule is CC(C)(C)NCCNC1(C)CCCCC1. The molecular formula is C13H28N2. The van der Waals surface area contributed by atoms with Crippen molar-refractivity contribution in [3.8, 4) is 0 Å². The van der Waals surface area contributed by atoms with Crippen molar-refractivity contribution in [1.29, 1.82) is 0 Å². The molecule has 0 aromatic rings. The molecule has 1 saturated carbocycles. The van der Waals surface area contributed by atoms with Crippen molar-refractivity contribution < 1.29 is 0 Å². The minimum atomic E-state index is 0.245. The Bertz CT molecular complexity index is 175. The molecule has 0 atom stereocenters. The van der Waals surface area contributed by atoms with E-state index in [4.69, 9.17) is 0 Å². The monoisotopic (exact) mass is 212 g/mol. The summed E-state index contributed by atoms with van der Waals surface area (Å²) in [5, 5.41) is 7.22. The average Bonchev–Trinajstić information content (AvgIpc) is 2.12. The van der Waals surface area contributed by atoms with E-state index in [0.717, 1.165) is 13.1 Å². The Labute approximate surface area is 95.2 Å².